The van der Waals surface area contributed by atoms with Crippen molar-refractivity contribution in [2.75, 3.05) is 4.72 Å². The van der Waals surface area contributed by atoms with Gasteiger partial charge in [0.1, 0.15) is 16.5 Å². The maximum atomic E-state index is 13.4. The SMILES string of the molecule is O=S(=O)(Nc1ccc(O)c(F)c1)c1ccc(F)cc1F. The van der Waals surface area contributed by atoms with Crippen LogP contribution in [0.25, 0.3) is 0 Å². The smallest absolute Gasteiger partial charge is 0.264 e. The molecule has 0 amide bonds. The molecule has 0 aliphatic carbocycles. The second-order valence-corrected chi connectivity index (χ2v) is 5.50. The number of hydrogen-bond donors (Lipinski definition) is 2. The number of phenols is 1. The van der Waals surface area contributed by atoms with Gasteiger partial charge in [0.2, 0.25) is 0 Å². The number of anilines is 1. The van der Waals surface area contributed by atoms with Crippen LogP contribution < -0.4 is 4.72 Å². The molecule has 2 rings (SSSR count). The van der Waals surface area contributed by atoms with Gasteiger partial charge in [-0.1, -0.05) is 0 Å². The van der Waals surface area contributed by atoms with Crippen LogP contribution in [0, 0.1) is 17.5 Å². The lowest BCUT2D eigenvalue weighted by Gasteiger charge is -2.09. The molecule has 0 aliphatic rings. The van der Waals surface area contributed by atoms with Gasteiger partial charge in [-0.3, -0.25) is 4.72 Å². The molecule has 0 aliphatic heterocycles. The number of sulfonamides is 1. The van der Waals surface area contributed by atoms with Gasteiger partial charge < -0.3 is 5.11 Å². The molecule has 0 saturated carbocycles. The highest BCUT2D eigenvalue weighted by Gasteiger charge is 2.20. The van der Waals surface area contributed by atoms with Crippen molar-refractivity contribution < 1.29 is 26.7 Å². The van der Waals surface area contributed by atoms with Crippen molar-refractivity contribution in [1.29, 1.82) is 0 Å². The third-order valence-electron chi connectivity index (χ3n) is 2.38. The van der Waals surface area contributed by atoms with Gasteiger partial charge in [-0.25, -0.2) is 21.6 Å². The van der Waals surface area contributed by atoms with Gasteiger partial charge in [0.25, 0.3) is 10.0 Å². The third kappa shape index (κ3) is 2.85. The molecule has 2 N–H and O–H groups in total. The Bertz CT molecular complexity index is 763. The molecule has 106 valence electrons. The first-order chi connectivity index (χ1) is 9.29. The van der Waals surface area contributed by atoms with Crippen LogP contribution in [-0.2, 0) is 10.0 Å². The van der Waals surface area contributed by atoms with Gasteiger partial charge in [-0.2, -0.15) is 0 Å². The van der Waals surface area contributed by atoms with E-state index in [1.165, 1.54) is 0 Å². The van der Waals surface area contributed by atoms with Gasteiger partial charge in [0.05, 0.1) is 5.69 Å². The van der Waals surface area contributed by atoms with E-state index in [1.807, 2.05) is 4.72 Å². The molecule has 0 unspecified atom stereocenters. The van der Waals surface area contributed by atoms with E-state index in [0.717, 1.165) is 30.3 Å². The zero-order valence-electron chi connectivity index (χ0n) is 9.77. The van der Waals surface area contributed by atoms with Crippen molar-refractivity contribution in [2.45, 2.75) is 4.90 Å². The number of halogens is 3. The van der Waals surface area contributed by atoms with E-state index in [4.69, 9.17) is 5.11 Å². The van der Waals surface area contributed by atoms with E-state index >= 15 is 0 Å². The van der Waals surface area contributed by atoms with Gasteiger partial charge in [0, 0.05) is 12.1 Å². The molecule has 0 spiro atoms. The van der Waals surface area contributed by atoms with Crippen LogP contribution >= 0.6 is 0 Å². The summed E-state index contributed by atoms with van der Waals surface area (Å²) < 4.78 is 64.9. The van der Waals surface area contributed by atoms with Crippen LogP contribution in [0.3, 0.4) is 0 Å². The fraction of sp³-hybridized carbons (Fsp3) is 0. The highest BCUT2D eigenvalue weighted by atomic mass is 32.2. The van der Waals surface area contributed by atoms with Gasteiger partial charge in [0.15, 0.2) is 11.6 Å². The summed E-state index contributed by atoms with van der Waals surface area (Å²) in [6.45, 7) is 0. The highest BCUT2D eigenvalue weighted by molar-refractivity contribution is 7.92. The summed E-state index contributed by atoms with van der Waals surface area (Å²) in [7, 11) is -4.33. The minimum absolute atomic E-state index is 0.205. The predicted molar refractivity (Wildman–Crippen MR) is 65.2 cm³/mol. The van der Waals surface area contributed by atoms with Crippen LogP contribution in [0.15, 0.2) is 41.3 Å². The number of phenolic OH excluding ortho intramolecular Hbond substituents is 1. The first-order valence-electron chi connectivity index (χ1n) is 5.26. The van der Waals surface area contributed by atoms with Gasteiger partial charge in [-0.05, 0) is 24.3 Å². The zero-order chi connectivity index (χ0) is 14.9. The summed E-state index contributed by atoms with van der Waals surface area (Å²) in [6.07, 6.45) is 0. The lowest BCUT2D eigenvalue weighted by atomic mass is 10.3. The van der Waals surface area contributed by atoms with Crippen molar-refractivity contribution in [3.05, 3.63) is 53.8 Å². The normalized spacial score (nSPS) is 11.3. The molecular weight excluding hydrogens is 295 g/mol. The molecule has 0 saturated heterocycles. The number of nitrogens with one attached hydrogen (secondary N) is 1. The zero-order valence-corrected chi connectivity index (χ0v) is 10.6. The summed E-state index contributed by atoms with van der Waals surface area (Å²) in [4.78, 5) is -0.771. The monoisotopic (exact) mass is 303 g/mol. The number of hydrogen-bond acceptors (Lipinski definition) is 3. The van der Waals surface area contributed by atoms with Gasteiger partial charge in [-0.15, -0.1) is 0 Å². The molecule has 0 heterocycles. The maximum Gasteiger partial charge on any atom is 0.264 e. The van der Waals surface area contributed by atoms with Gasteiger partial charge >= 0.3 is 0 Å². The van der Waals surface area contributed by atoms with Crippen molar-refractivity contribution in [3.8, 4) is 5.75 Å². The number of benzene rings is 2. The van der Waals surface area contributed by atoms with E-state index in [0.29, 0.717) is 6.07 Å². The first-order valence-corrected chi connectivity index (χ1v) is 6.74. The number of rotatable bonds is 3. The second-order valence-electron chi connectivity index (χ2n) is 3.85. The minimum Gasteiger partial charge on any atom is -0.505 e. The van der Waals surface area contributed by atoms with Crippen LogP contribution in [0.5, 0.6) is 5.75 Å². The largest absolute Gasteiger partial charge is 0.505 e. The number of aromatic hydroxyl groups is 1. The Kier molecular flexibility index (Phi) is 3.58. The average Bonchev–Trinajstić information content (AvgIpc) is 2.33. The maximum absolute atomic E-state index is 13.4. The second kappa shape index (κ2) is 5.04. The lowest BCUT2D eigenvalue weighted by molar-refractivity contribution is 0.432. The molecule has 8 heteroatoms. The summed E-state index contributed by atoms with van der Waals surface area (Å²) in [6, 6.07) is 4.73. The molecule has 2 aromatic carbocycles. The summed E-state index contributed by atoms with van der Waals surface area (Å²) >= 11 is 0. The van der Waals surface area contributed by atoms with Crippen LogP contribution in [0.4, 0.5) is 18.9 Å². The van der Waals surface area contributed by atoms with E-state index in [-0.39, 0.29) is 5.69 Å². The summed E-state index contributed by atoms with van der Waals surface area (Å²) in [5.74, 6) is -3.88. The van der Waals surface area contributed by atoms with Crippen LogP contribution in [0.2, 0.25) is 0 Å². The van der Waals surface area contributed by atoms with Crippen molar-refractivity contribution in [1.82, 2.24) is 0 Å². The Hall–Kier alpha value is -2.22. The Morgan fingerprint density at radius 2 is 1.65 bits per heavy atom. The third-order valence-corrected chi connectivity index (χ3v) is 3.80. The molecule has 0 fully saturated rings. The fourth-order valence-electron chi connectivity index (χ4n) is 1.47. The topological polar surface area (TPSA) is 66.4 Å². The standard InChI is InChI=1S/C12H8F3NO3S/c13-7-1-4-12(10(15)5-7)20(18,19)16-8-2-3-11(17)9(14)6-8/h1-6,16-17H. The predicted octanol–water partition coefficient (Wildman–Crippen LogP) is 2.61. The molecule has 2 aromatic rings. The minimum atomic E-state index is -4.33. The van der Waals surface area contributed by atoms with Crippen LogP contribution in [0.1, 0.15) is 0 Å². The molecule has 0 atom stereocenters. The molecule has 20 heavy (non-hydrogen) atoms. The average molecular weight is 303 g/mol. The Morgan fingerprint density at radius 1 is 0.950 bits per heavy atom. The van der Waals surface area contributed by atoms with E-state index < -0.39 is 38.1 Å². The Labute approximate surface area is 112 Å². The Morgan fingerprint density at radius 3 is 2.25 bits per heavy atom. The van der Waals surface area contributed by atoms with E-state index in [2.05, 4.69) is 0 Å². The summed E-state index contributed by atoms with van der Waals surface area (Å²) in [5.41, 5.74) is -0.205. The van der Waals surface area contributed by atoms with Crippen molar-refractivity contribution in [2.24, 2.45) is 0 Å². The molecule has 0 radical (unpaired) electrons. The molecule has 4 nitrogen and oxygen atoms in total. The Balaban J connectivity index is 2.38. The highest BCUT2D eigenvalue weighted by Crippen LogP contribution is 2.23. The molecule has 0 bridgehead atoms. The summed E-state index contributed by atoms with van der Waals surface area (Å²) in [5, 5.41) is 8.98. The van der Waals surface area contributed by atoms with Crippen LogP contribution in [-0.4, -0.2) is 13.5 Å². The van der Waals surface area contributed by atoms with Crippen molar-refractivity contribution in [3.63, 3.8) is 0 Å². The van der Waals surface area contributed by atoms with Crippen molar-refractivity contribution >= 4 is 15.7 Å². The lowest BCUT2D eigenvalue weighted by Crippen LogP contribution is -2.14. The molecule has 0 aromatic heterocycles. The fourth-order valence-corrected chi connectivity index (χ4v) is 2.58. The quantitative estimate of drug-likeness (QED) is 0.857. The van der Waals surface area contributed by atoms with E-state index in [9.17, 15) is 21.6 Å². The molecular formula is C12H8F3NO3S. The first kappa shape index (κ1) is 14.2. The van der Waals surface area contributed by atoms with E-state index in [1.54, 1.807) is 0 Å².